The zero-order valence-electron chi connectivity index (χ0n) is 15.7. The highest BCUT2D eigenvalue weighted by Crippen LogP contribution is 2.66. The van der Waals surface area contributed by atoms with Crippen molar-refractivity contribution < 1.29 is 17.6 Å². The Kier molecular flexibility index (Phi) is 3.57. The fourth-order valence-electron chi connectivity index (χ4n) is 5.36. The van der Waals surface area contributed by atoms with Crippen molar-refractivity contribution in [1.29, 1.82) is 0 Å². The van der Waals surface area contributed by atoms with Crippen LogP contribution in [0.1, 0.15) is 61.9 Å². The van der Waals surface area contributed by atoms with Gasteiger partial charge in [0, 0.05) is 18.0 Å². The van der Waals surface area contributed by atoms with Gasteiger partial charge >= 0.3 is 6.18 Å². The van der Waals surface area contributed by atoms with Gasteiger partial charge in [0.2, 0.25) is 0 Å². The van der Waals surface area contributed by atoms with Gasteiger partial charge in [-0.3, -0.25) is 9.48 Å². The highest BCUT2D eigenvalue weighted by Gasteiger charge is 2.62. The molecule has 0 amide bonds. The van der Waals surface area contributed by atoms with Crippen molar-refractivity contribution in [2.24, 2.45) is 12.5 Å². The van der Waals surface area contributed by atoms with E-state index in [1.54, 1.807) is 11.7 Å². The maximum absolute atomic E-state index is 13.4. The molecule has 0 radical (unpaired) electrons. The highest BCUT2D eigenvalue weighted by molar-refractivity contribution is 5.45. The second-order valence-corrected chi connectivity index (χ2v) is 8.59. The van der Waals surface area contributed by atoms with Gasteiger partial charge in [0.25, 0.3) is 5.56 Å². The summed E-state index contributed by atoms with van der Waals surface area (Å²) in [5, 5.41) is 0. The summed E-state index contributed by atoms with van der Waals surface area (Å²) in [5.41, 5.74) is 0.0674. The Labute approximate surface area is 154 Å². The summed E-state index contributed by atoms with van der Waals surface area (Å²) in [6.45, 7) is 6.23. The van der Waals surface area contributed by atoms with Crippen LogP contribution < -0.4 is 5.56 Å². The number of nitrogens with zero attached hydrogens (tertiary/aromatic N) is 2. The summed E-state index contributed by atoms with van der Waals surface area (Å²) in [4.78, 5) is 13.1. The predicted molar refractivity (Wildman–Crippen MR) is 93.3 cm³/mol. The molecule has 0 N–H and O–H groups in total. The molecule has 7 heteroatoms. The first kappa shape index (κ1) is 18.3. The summed E-state index contributed by atoms with van der Waals surface area (Å²) < 4.78 is 56.5. The molecule has 1 saturated carbocycles. The number of rotatable bonds is 2. The van der Waals surface area contributed by atoms with E-state index < -0.39 is 17.6 Å². The van der Waals surface area contributed by atoms with Crippen molar-refractivity contribution in [3.63, 3.8) is 0 Å². The second-order valence-electron chi connectivity index (χ2n) is 8.59. The quantitative estimate of drug-likeness (QED) is 0.699. The Morgan fingerprint density at radius 1 is 1.22 bits per heavy atom. The Balaban J connectivity index is 1.85. The van der Waals surface area contributed by atoms with Crippen LogP contribution in [0.15, 0.2) is 23.0 Å². The molecule has 0 spiro atoms. The van der Waals surface area contributed by atoms with Crippen molar-refractivity contribution in [3.8, 4) is 0 Å². The van der Waals surface area contributed by atoms with E-state index in [2.05, 4.69) is 20.8 Å². The van der Waals surface area contributed by atoms with Gasteiger partial charge in [-0.05, 0) is 41.9 Å². The van der Waals surface area contributed by atoms with Gasteiger partial charge in [0.15, 0.2) is 0 Å². The summed E-state index contributed by atoms with van der Waals surface area (Å²) in [7, 11) is 1.74. The first-order chi connectivity index (χ1) is 12.4. The molecule has 2 atom stereocenters. The average Bonchev–Trinajstić information content (AvgIpc) is 3.01. The molecule has 1 aromatic carbocycles. The predicted octanol–water partition coefficient (Wildman–Crippen LogP) is 4.57. The summed E-state index contributed by atoms with van der Waals surface area (Å²) >= 11 is 0. The van der Waals surface area contributed by atoms with Crippen molar-refractivity contribution in [3.05, 3.63) is 56.8 Å². The molecule has 2 aromatic rings. The largest absolute Gasteiger partial charge is 0.416 e. The van der Waals surface area contributed by atoms with Gasteiger partial charge in [-0.25, -0.2) is 9.07 Å². The third kappa shape index (κ3) is 2.23. The van der Waals surface area contributed by atoms with Gasteiger partial charge in [0.1, 0.15) is 5.82 Å². The zero-order valence-corrected chi connectivity index (χ0v) is 15.7. The second kappa shape index (κ2) is 5.26. The van der Waals surface area contributed by atoms with Crippen LogP contribution in [-0.4, -0.2) is 9.36 Å². The van der Waals surface area contributed by atoms with Gasteiger partial charge < -0.3 is 0 Å². The zero-order chi connectivity index (χ0) is 19.9. The summed E-state index contributed by atoms with van der Waals surface area (Å²) in [5.74, 6) is -0.826. The van der Waals surface area contributed by atoms with E-state index in [9.17, 15) is 22.4 Å². The maximum atomic E-state index is 13.4. The molecule has 1 aromatic heterocycles. The number of alkyl halides is 3. The van der Waals surface area contributed by atoms with Crippen molar-refractivity contribution in [2.45, 2.75) is 57.7 Å². The molecule has 2 bridgehead atoms. The van der Waals surface area contributed by atoms with Crippen LogP contribution in [0.2, 0.25) is 0 Å². The lowest BCUT2D eigenvalue weighted by atomic mass is 9.70. The minimum absolute atomic E-state index is 0.0549. The molecule has 2 aliphatic carbocycles. The topological polar surface area (TPSA) is 26.9 Å². The average molecular weight is 382 g/mol. The molecule has 0 saturated heterocycles. The van der Waals surface area contributed by atoms with Crippen LogP contribution >= 0.6 is 0 Å². The summed E-state index contributed by atoms with van der Waals surface area (Å²) in [6, 6.07) is 2.61. The Bertz CT molecular complexity index is 999. The standard InChI is InChI=1S/C20H22F4N2O/c1-18(2)13-7-8-19(18,3)16-15(13)17(27)26(25(16)4)10-11-5-6-12(21)9-14(11)20(22,23)24/h5-6,9,13H,7-8,10H2,1-4H3. The molecule has 27 heavy (non-hydrogen) atoms. The smallest absolute Gasteiger partial charge is 0.289 e. The lowest BCUT2D eigenvalue weighted by Gasteiger charge is -2.36. The number of hydrogen-bond acceptors (Lipinski definition) is 1. The number of halogens is 4. The maximum Gasteiger partial charge on any atom is 0.416 e. The van der Waals surface area contributed by atoms with Crippen LogP contribution in [0.3, 0.4) is 0 Å². The van der Waals surface area contributed by atoms with Gasteiger partial charge in [-0.15, -0.1) is 0 Å². The van der Waals surface area contributed by atoms with Gasteiger partial charge in [-0.2, -0.15) is 13.2 Å². The van der Waals surface area contributed by atoms with Crippen LogP contribution in [0, 0.1) is 11.2 Å². The van der Waals surface area contributed by atoms with E-state index in [-0.39, 0.29) is 34.4 Å². The third-order valence-electron chi connectivity index (χ3n) is 7.20. The molecule has 2 aliphatic rings. The molecular weight excluding hydrogens is 360 g/mol. The van der Waals surface area contributed by atoms with Gasteiger partial charge in [0.05, 0.1) is 17.8 Å². The lowest BCUT2D eigenvalue weighted by molar-refractivity contribution is -0.138. The number of hydrogen-bond donors (Lipinski definition) is 0. The van der Waals surface area contributed by atoms with Crippen LogP contribution in [-0.2, 0) is 25.2 Å². The first-order valence-corrected chi connectivity index (χ1v) is 9.05. The highest BCUT2D eigenvalue weighted by atomic mass is 19.4. The SMILES string of the molecule is Cn1c2c(c(=O)n1Cc1ccc(F)cc1C(F)(F)F)C1CCC2(C)C1(C)C. The van der Waals surface area contributed by atoms with E-state index in [0.717, 1.165) is 36.2 Å². The number of fused-ring (bicyclic) bond motifs is 5. The lowest BCUT2D eigenvalue weighted by Crippen LogP contribution is -2.35. The minimum Gasteiger partial charge on any atom is -0.289 e. The fraction of sp³-hybridized carbons (Fsp3) is 0.550. The minimum atomic E-state index is -4.68. The molecule has 2 unspecified atom stereocenters. The molecular formula is C20H22F4N2O. The fourth-order valence-corrected chi connectivity index (χ4v) is 5.36. The molecule has 4 rings (SSSR count). The van der Waals surface area contributed by atoms with E-state index >= 15 is 0 Å². The monoisotopic (exact) mass is 382 g/mol. The molecule has 146 valence electrons. The van der Waals surface area contributed by atoms with E-state index in [0.29, 0.717) is 6.07 Å². The Morgan fingerprint density at radius 3 is 2.48 bits per heavy atom. The van der Waals surface area contributed by atoms with Crippen LogP contribution in [0.25, 0.3) is 0 Å². The normalized spacial score (nSPS) is 25.9. The molecule has 0 aliphatic heterocycles. The van der Waals surface area contributed by atoms with Crippen molar-refractivity contribution in [2.75, 3.05) is 0 Å². The summed E-state index contributed by atoms with van der Waals surface area (Å²) in [6.07, 6.45) is -2.80. The van der Waals surface area contributed by atoms with Crippen molar-refractivity contribution in [1.82, 2.24) is 9.36 Å². The van der Waals surface area contributed by atoms with Crippen LogP contribution in [0.5, 0.6) is 0 Å². The number of aromatic nitrogens is 2. The number of benzene rings is 1. The first-order valence-electron chi connectivity index (χ1n) is 9.05. The Hall–Kier alpha value is -2.05. The Morgan fingerprint density at radius 2 is 1.89 bits per heavy atom. The van der Waals surface area contributed by atoms with E-state index in [4.69, 9.17) is 0 Å². The molecule has 1 fully saturated rings. The third-order valence-corrected chi connectivity index (χ3v) is 7.20. The van der Waals surface area contributed by atoms with Crippen molar-refractivity contribution >= 4 is 0 Å². The van der Waals surface area contributed by atoms with Crippen LogP contribution in [0.4, 0.5) is 17.6 Å². The van der Waals surface area contributed by atoms with Gasteiger partial charge in [-0.1, -0.05) is 26.8 Å². The molecule has 3 nitrogen and oxygen atoms in total. The van der Waals surface area contributed by atoms with E-state index in [1.165, 1.54) is 4.68 Å². The molecule has 1 heterocycles. The van der Waals surface area contributed by atoms with E-state index in [1.807, 2.05) is 0 Å².